The van der Waals surface area contributed by atoms with Gasteiger partial charge in [0, 0.05) is 10.8 Å². The van der Waals surface area contributed by atoms with E-state index in [4.69, 9.17) is 0 Å². The maximum atomic E-state index is 12.7. The average Bonchev–Trinajstić information content (AvgIpc) is 2.47. The molecule has 0 saturated carbocycles. The molecule has 1 atom stereocenters. The van der Waals surface area contributed by atoms with Crippen LogP contribution in [0.4, 0.5) is 0 Å². The molecule has 2 aromatic carbocycles. The molecule has 0 saturated heterocycles. The number of thioether (sulfide) groups is 1. The van der Waals surface area contributed by atoms with Gasteiger partial charge in [-0.2, -0.15) is 0 Å². The van der Waals surface area contributed by atoms with Gasteiger partial charge in [-0.15, -0.1) is 11.8 Å². The van der Waals surface area contributed by atoms with Crippen molar-refractivity contribution in [1.29, 1.82) is 0 Å². The smallest absolute Gasteiger partial charge is 0.155 e. The van der Waals surface area contributed by atoms with Crippen LogP contribution in [0.3, 0.4) is 0 Å². The summed E-state index contributed by atoms with van der Waals surface area (Å²) in [6.07, 6.45) is 0. The Bertz CT molecular complexity index is 560. The van der Waals surface area contributed by atoms with Gasteiger partial charge in [0.05, 0.1) is 4.75 Å². The minimum Gasteiger partial charge on any atom is -0.297 e. The zero-order chi connectivity index (χ0) is 14.6. The van der Waals surface area contributed by atoms with Crippen molar-refractivity contribution in [3.8, 4) is 0 Å². The number of rotatable bonds is 5. The fraction of sp³-hybridized carbons (Fsp3) is 0.278. The first-order chi connectivity index (χ1) is 9.50. The van der Waals surface area contributed by atoms with E-state index in [1.807, 2.05) is 81.4 Å². The summed E-state index contributed by atoms with van der Waals surface area (Å²) in [6.45, 7) is 6.00. The van der Waals surface area contributed by atoms with Crippen molar-refractivity contribution >= 4 is 17.5 Å². The van der Waals surface area contributed by atoms with Gasteiger partial charge in [0.25, 0.3) is 0 Å². The highest BCUT2D eigenvalue weighted by Gasteiger charge is 2.33. The molecule has 0 aliphatic heterocycles. The highest BCUT2D eigenvalue weighted by Crippen LogP contribution is 2.36. The Morgan fingerprint density at radius 2 is 1.45 bits per heavy atom. The monoisotopic (exact) mass is 284 g/mol. The molecule has 0 aliphatic rings. The van der Waals surface area contributed by atoms with E-state index in [9.17, 15) is 4.79 Å². The van der Waals surface area contributed by atoms with Crippen LogP contribution >= 0.6 is 11.8 Å². The molecule has 2 heteroatoms. The zero-order valence-corrected chi connectivity index (χ0v) is 13.0. The van der Waals surface area contributed by atoms with Crippen molar-refractivity contribution in [2.75, 3.05) is 0 Å². The van der Waals surface area contributed by atoms with Crippen molar-refractivity contribution in [2.45, 2.75) is 36.3 Å². The fourth-order valence-electron chi connectivity index (χ4n) is 2.25. The second kappa shape index (κ2) is 6.27. The largest absolute Gasteiger partial charge is 0.297 e. The number of benzene rings is 2. The molecule has 1 nitrogen and oxygen atoms in total. The van der Waals surface area contributed by atoms with Crippen LogP contribution in [0.15, 0.2) is 65.6 Å². The third kappa shape index (κ3) is 3.51. The van der Waals surface area contributed by atoms with Crippen molar-refractivity contribution in [3.63, 3.8) is 0 Å². The molecule has 2 rings (SSSR count). The molecule has 0 fully saturated rings. The molecule has 0 radical (unpaired) electrons. The molecule has 1 unspecified atom stereocenters. The predicted octanol–water partition coefficient (Wildman–Crippen LogP) is 4.93. The van der Waals surface area contributed by atoms with Gasteiger partial charge in [-0.05, 0) is 31.5 Å². The molecule has 0 heterocycles. The van der Waals surface area contributed by atoms with Gasteiger partial charge in [0.15, 0.2) is 5.78 Å². The second-order valence-corrected chi connectivity index (χ2v) is 7.12. The summed E-state index contributed by atoms with van der Waals surface area (Å²) in [4.78, 5) is 13.9. The second-order valence-electron chi connectivity index (χ2n) is 5.42. The first-order valence-electron chi connectivity index (χ1n) is 6.84. The first kappa shape index (κ1) is 14.9. The van der Waals surface area contributed by atoms with E-state index in [0.717, 1.165) is 10.5 Å². The molecule has 0 aliphatic carbocycles. The van der Waals surface area contributed by atoms with Crippen molar-refractivity contribution < 1.29 is 4.79 Å². The normalized spacial score (nSPS) is 12.9. The van der Waals surface area contributed by atoms with Gasteiger partial charge in [0.1, 0.15) is 0 Å². The van der Waals surface area contributed by atoms with Crippen LogP contribution in [0.5, 0.6) is 0 Å². The van der Waals surface area contributed by atoms with E-state index in [1.54, 1.807) is 11.8 Å². The van der Waals surface area contributed by atoms with E-state index in [2.05, 4.69) is 0 Å². The molecule has 2 aromatic rings. The van der Waals surface area contributed by atoms with E-state index >= 15 is 0 Å². The summed E-state index contributed by atoms with van der Waals surface area (Å²) in [5.41, 5.74) is 1.08. The maximum Gasteiger partial charge on any atom is 0.155 e. The minimum absolute atomic E-state index is 0.0811. The third-order valence-corrected chi connectivity index (χ3v) is 4.62. The van der Waals surface area contributed by atoms with Crippen LogP contribution in [-0.2, 0) is 4.79 Å². The molecule has 0 spiro atoms. The minimum atomic E-state index is -0.434. The number of hydrogen-bond acceptors (Lipinski definition) is 2. The van der Waals surface area contributed by atoms with Crippen LogP contribution in [0.1, 0.15) is 32.3 Å². The lowest BCUT2D eigenvalue weighted by Gasteiger charge is -2.26. The Morgan fingerprint density at radius 1 is 0.950 bits per heavy atom. The summed E-state index contributed by atoms with van der Waals surface area (Å²) in [5, 5.41) is 0. The Balaban J connectivity index is 2.15. The summed E-state index contributed by atoms with van der Waals surface area (Å²) in [5.74, 6) is 0.181. The lowest BCUT2D eigenvalue weighted by atomic mass is 9.90. The highest BCUT2D eigenvalue weighted by molar-refractivity contribution is 8.01. The van der Waals surface area contributed by atoms with Gasteiger partial charge < -0.3 is 0 Å². The molecule has 0 aromatic heterocycles. The Hall–Kier alpha value is -1.54. The standard InChI is InChI=1S/C18H20OS/c1-14(15-10-6-4-7-11-15)17(19)18(2,3)20-16-12-8-5-9-13-16/h4-14H,1-3H3. The molecular formula is C18H20OS. The summed E-state index contributed by atoms with van der Waals surface area (Å²) < 4.78 is -0.434. The van der Waals surface area contributed by atoms with Crippen LogP contribution in [0.2, 0.25) is 0 Å². The summed E-state index contributed by atoms with van der Waals surface area (Å²) >= 11 is 1.63. The average molecular weight is 284 g/mol. The Morgan fingerprint density at radius 3 is 2.00 bits per heavy atom. The Labute approximate surface area is 125 Å². The number of ketones is 1. The highest BCUT2D eigenvalue weighted by atomic mass is 32.2. The molecule has 104 valence electrons. The molecule has 0 amide bonds. The third-order valence-electron chi connectivity index (χ3n) is 3.40. The first-order valence-corrected chi connectivity index (χ1v) is 7.65. The number of Topliss-reactive ketones (excluding diaryl/α,β-unsaturated/α-hetero) is 1. The van der Waals surface area contributed by atoms with Gasteiger partial charge in [-0.1, -0.05) is 55.5 Å². The number of carbonyl (C=O) groups is 1. The van der Waals surface area contributed by atoms with Gasteiger partial charge in [0.2, 0.25) is 0 Å². The Kier molecular flexibility index (Phi) is 4.66. The van der Waals surface area contributed by atoms with Gasteiger partial charge >= 0.3 is 0 Å². The van der Waals surface area contributed by atoms with Gasteiger partial charge in [-0.25, -0.2) is 0 Å². The van der Waals surface area contributed by atoms with Crippen LogP contribution in [-0.4, -0.2) is 10.5 Å². The van der Waals surface area contributed by atoms with Crippen LogP contribution in [0.25, 0.3) is 0 Å². The van der Waals surface area contributed by atoms with E-state index in [1.165, 1.54) is 0 Å². The van der Waals surface area contributed by atoms with E-state index in [-0.39, 0.29) is 11.7 Å². The zero-order valence-electron chi connectivity index (χ0n) is 12.2. The SMILES string of the molecule is CC(C(=O)C(C)(C)Sc1ccccc1)c1ccccc1. The fourth-order valence-corrected chi connectivity index (χ4v) is 3.41. The maximum absolute atomic E-state index is 12.7. The van der Waals surface area contributed by atoms with Crippen molar-refractivity contribution in [3.05, 3.63) is 66.2 Å². The quantitative estimate of drug-likeness (QED) is 0.724. The lowest BCUT2D eigenvalue weighted by Crippen LogP contribution is -2.31. The number of carbonyl (C=O) groups excluding carboxylic acids is 1. The lowest BCUT2D eigenvalue weighted by molar-refractivity contribution is -0.121. The predicted molar refractivity (Wildman–Crippen MR) is 86.2 cm³/mol. The number of hydrogen-bond donors (Lipinski definition) is 0. The van der Waals surface area contributed by atoms with Crippen molar-refractivity contribution in [2.24, 2.45) is 0 Å². The topological polar surface area (TPSA) is 17.1 Å². The summed E-state index contributed by atoms with van der Waals surface area (Å²) in [6, 6.07) is 20.1. The van der Waals surface area contributed by atoms with E-state index < -0.39 is 4.75 Å². The molecular weight excluding hydrogens is 264 g/mol. The summed E-state index contributed by atoms with van der Waals surface area (Å²) in [7, 11) is 0. The van der Waals surface area contributed by atoms with Crippen LogP contribution < -0.4 is 0 Å². The molecule has 0 bridgehead atoms. The molecule has 20 heavy (non-hydrogen) atoms. The van der Waals surface area contributed by atoms with Crippen LogP contribution in [0, 0.1) is 0 Å². The van der Waals surface area contributed by atoms with Gasteiger partial charge in [-0.3, -0.25) is 4.79 Å². The molecule has 0 N–H and O–H groups in total. The van der Waals surface area contributed by atoms with Crippen molar-refractivity contribution in [1.82, 2.24) is 0 Å². The van der Waals surface area contributed by atoms with E-state index in [0.29, 0.717) is 0 Å².